The number of rotatable bonds is 6. The Hall–Kier alpha value is -1.46. The first-order valence-electron chi connectivity index (χ1n) is 10.5. The van der Waals surface area contributed by atoms with Gasteiger partial charge in [0.2, 0.25) is 5.88 Å². The molecule has 3 rings (SSSR count). The number of aromatic nitrogens is 2. The Labute approximate surface area is 183 Å². The predicted molar refractivity (Wildman–Crippen MR) is 119 cm³/mol. The lowest BCUT2D eigenvalue weighted by atomic mass is 9.86. The van der Waals surface area contributed by atoms with Crippen molar-refractivity contribution in [3.05, 3.63) is 35.0 Å². The summed E-state index contributed by atoms with van der Waals surface area (Å²) in [5.41, 5.74) is 0.567. The number of nitrogens with zero attached hydrogens (tertiary/aromatic N) is 2. The molecule has 1 fully saturated rings. The van der Waals surface area contributed by atoms with E-state index >= 15 is 0 Å². The van der Waals surface area contributed by atoms with Crippen molar-refractivity contribution in [2.75, 3.05) is 0 Å². The number of halogens is 1. The van der Waals surface area contributed by atoms with Crippen LogP contribution in [0.25, 0.3) is 0 Å². The van der Waals surface area contributed by atoms with Crippen LogP contribution in [-0.4, -0.2) is 15.7 Å². The standard InChI is InChI=1S/C23H31ClN2O2S/c1-16-21(29-19-13-11-18(24)12-14-19)22(26(25-16)23(2,3)4)28-20(27)15-10-17-8-6-5-7-9-17/h11-14,17H,5-10,15H2,1-4H3. The van der Waals surface area contributed by atoms with Crippen LogP contribution in [0.4, 0.5) is 0 Å². The monoisotopic (exact) mass is 434 g/mol. The van der Waals surface area contributed by atoms with Crippen molar-refractivity contribution >= 4 is 29.3 Å². The van der Waals surface area contributed by atoms with Crippen LogP contribution < -0.4 is 4.74 Å². The molecule has 0 bridgehead atoms. The first-order valence-corrected chi connectivity index (χ1v) is 11.7. The molecule has 1 saturated carbocycles. The summed E-state index contributed by atoms with van der Waals surface area (Å²) < 4.78 is 7.76. The van der Waals surface area contributed by atoms with Crippen LogP contribution in [-0.2, 0) is 10.3 Å². The first-order chi connectivity index (χ1) is 13.7. The Kier molecular flexibility index (Phi) is 7.33. The van der Waals surface area contributed by atoms with Crippen molar-refractivity contribution in [1.29, 1.82) is 0 Å². The van der Waals surface area contributed by atoms with E-state index in [4.69, 9.17) is 21.4 Å². The molecule has 0 amide bonds. The number of esters is 1. The second-order valence-electron chi connectivity index (χ2n) is 8.88. The minimum atomic E-state index is -0.289. The summed E-state index contributed by atoms with van der Waals surface area (Å²) in [6.07, 6.45) is 7.77. The molecule has 1 aromatic carbocycles. The van der Waals surface area contributed by atoms with Crippen LogP contribution in [0.1, 0.15) is 71.4 Å². The van der Waals surface area contributed by atoms with Gasteiger partial charge in [0, 0.05) is 16.3 Å². The summed E-state index contributed by atoms with van der Waals surface area (Å²) in [5.74, 6) is 1.04. The SMILES string of the molecule is Cc1nn(C(C)(C)C)c(OC(=O)CCC2CCCCC2)c1Sc1ccc(Cl)cc1. The highest BCUT2D eigenvalue weighted by molar-refractivity contribution is 7.99. The largest absolute Gasteiger partial charge is 0.406 e. The molecular formula is C23H31ClN2O2S. The van der Waals surface area contributed by atoms with Crippen molar-refractivity contribution in [1.82, 2.24) is 9.78 Å². The van der Waals surface area contributed by atoms with E-state index in [1.165, 1.54) is 32.1 Å². The Morgan fingerprint density at radius 1 is 1.21 bits per heavy atom. The second-order valence-corrected chi connectivity index (χ2v) is 10.4. The number of carbonyl (C=O) groups excluding carboxylic acids is 1. The molecule has 0 N–H and O–H groups in total. The van der Waals surface area contributed by atoms with E-state index < -0.39 is 0 Å². The average molecular weight is 435 g/mol. The van der Waals surface area contributed by atoms with Crippen molar-refractivity contribution in [2.45, 2.75) is 88.0 Å². The summed E-state index contributed by atoms with van der Waals surface area (Å²) in [6, 6.07) is 7.66. The maximum absolute atomic E-state index is 12.7. The van der Waals surface area contributed by atoms with Crippen LogP contribution in [0.2, 0.25) is 5.02 Å². The third-order valence-electron chi connectivity index (χ3n) is 5.33. The highest BCUT2D eigenvalue weighted by Gasteiger charge is 2.27. The van der Waals surface area contributed by atoms with E-state index in [9.17, 15) is 4.79 Å². The van der Waals surface area contributed by atoms with Gasteiger partial charge in [-0.05, 0) is 64.3 Å². The van der Waals surface area contributed by atoms with Crippen molar-refractivity contribution in [3.63, 3.8) is 0 Å². The Bertz CT molecular complexity index is 834. The van der Waals surface area contributed by atoms with Gasteiger partial charge < -0.3 is 4.74 Å². The minimum Gasteiger partial charge on any atom is -0.406 e. The van der Waals surface area contributed by atoms with Gasteiger partial charge in [-0.3, -0.25) is 4.79 Å². The molecule has 29 heavy (non-hydrogen) atoms. The molecule has 0 saturated heterocycles. The number of hydrogen-bond donors (Lipinski definition) is 0. The van der Waals surface area contributed by atoms with E-state index in [2.05, 4.69) is 20.8 Å². The van der Waals surface area contributed by atoms with E-state index in [0.717, 1.165) is 21.9 Å². The van der Waals surface area contributed by atoms with Gasteiger partial charge in [0.05, 0.1) is 16.1 Å². The van der Waals surface area contributed by atoms with Crippen molar-refractivity contribution in [2.24, 2.45) is 5.92 Å². The van der Waals surface area contributed by atoms with Crippen molar-refractivity contribution < 1.29 is 9.53 Å². The molecule has 0 spiro atoms. The van der Waals surface area contributed by atoms with Crippen LogP contribution >= 0.6 is 23.4 Å². The first kappa shape index (κ1) is 22.2. The topological polar surface area (TPSA) is 44.1 Å². The van der Waals surface area contributed by atoms with E-state index in [1.807, 2.05) is 35.9 Å². The average Bonchev–Trinajstić information content (AvgIpc) is 2.99. The van der Waals surface area contributed by atoms with Crippen LogP contribution in [0.3, 0.4) is 0 Å². The Morgan fingerprint density at radius 2 is 1.86 bits per heavy atom. The van der Waals surface area contributed by atoms with E-state index in [1.54, 1.807) is 11.8 Å². The van der Waals surface area contributed by atoms with Gasteiger partial charge in [-0.1, -0.05) is 55.5 Å². The lowest BCUT2D eigenvalue weighted by Gasteiger charge is -2.23. The zero-order valence-corrected chi connectivity index (χ0v) is 19.4. The highest BCUT2D eigenvalue weighted by atomic mass is 35.5. The molecule has 0 aliphatic heterocycles. The summed E-state index contributed by atoms with van der Waals surface area (Å²) >= 11 is 7.57. The number of hydrogen-bond acceptors (Lipinski definition) is 4. The van der Waals surface area contributed by atoms with Crippen molar-refractivity contribution in [3.8, 4) is 5.88 Å². The van der Waals surface area contributed by atoms with Gasteiger partial charge in [-0.15, -0.1) is 0 Å². The fourth-order valence-electron chi connectivity index (χ4n) is 3.73. The summed E-state index contributed by atoms with van der Waals surface area (Å²) in [7, 11) is 0. The summed E-state index contributed by atoms with van der Waals surface area (Å²) in [5, 5.41) is 5.39. The highest BCUT2D eigenvalue weighted by Crippen LogP contribution is 2.40. The fourth-order valence-corrected chi connectivity index (χ4v) is 4.77. The van der Waals surface area contributed by atoms with Gasteiger partial charge in [0.15, 0.2) is 0 Å². The van der Waals surface area contributed by atoms with Gasteiger partial charge in [0.25, 0.3) is 0 Å². The van der Waals surface area contributed by atoms with Gasteiger partial charge in [-0.2, -0.15) is 5.10 Å². The van der Waals surface area contributed by atoms with Crippen LogP contribution in [0, 0.1) is 12.8 Å². The number of carbonyl (C=O) groups is 1. The number of ether oxygens (including phenoxy) is 1. The molecule has 0 radical (unpaired) electrons. The molecule has 158 valence electrons. The van der Waals surface area contributed by atoms with Crippen LogP contribution in [0.15, 0.2) is 34.1 Å². The van der Waals surface area contributed by atoms with E-state index in [0.29, 0.717) is 23.2 Å². The molecule has 1 aliphatic rings. The fraction of sp³-hybridized carbons (Fsp3) is 0.565. The molecule has 4 nitrogen and oxygen atoms in total. The summed E-state index contributed by atoms with van der Waals surface area (Å²) in [4.78, 5) is 14.6. The molecule has 1 aromatic heterocycles. The molecule has 0 unspecified atom stereocenters. The number of benzene rings is 1. The molecular weight excluding hydrogens is 404 g/mol. The lowest BCUT2D eigenvalue weighted by Crippen LogP contribution is -2.25. The maximum atomic E-state index is 12.7. The summed E-state index contributed by atoms with van der Waals surface area (Å²) in [6.45, 7) is 8.15. The Morgan fingerprint density at radius 3 is 2.48 bits per heavy atom. The van der Waals surface area contributed by atoms with Gasteiger partial charge in [-0.25, -0.2) is 4.68 Å². The maximum Gasteiger partial charge on any atom is 0.312 e. The predicted octanol–water partition coefficient (Wildman–Crippen LogP) is 7.02. The molecule has 1 aliphatic carbocycles. The normalized spacial score (nSPS) is 15.5. The Balaban J connectivity index is 1.78. The zero-order chi connectivity index (χ0) is 21.0. The molecule has 6 heteroatoms. The minimum absolute atomic E-state index is 0.168. The third kappa shape index (κ3) is 6.02. The smallest absolute Gasteiger partial charge is 0.312 e. The quantitative estimate of drug-likeness (QED) is 0.458. The molecule has 1 heterocycles. The number of aryl methyl sites for hydroxylation is 1. The third-order valence-corrected chi connectivity index (χ3v) is 6.76. The van der Waals surface area contributed by atoms with Gasteiger partial charge in [0.1, 0.15) is 0 Å². The van der Waals surface area contributed by atoms with Crippen LogP contribution in [0.5, 0.6) is 5.88 Å². The zero-order valence-electron chi connectivity index (χ0n) is 17.8. The lowest BCUT2D eigenvalue weighted by molar-refractivity contribution is -0.135. The molecule has 2 aromatic rings. The van der Waals surface area contributed by atoms with Gasteiger partial charge >= 0.3 is 5.97 Å². The second kappa shape index (κ2) is 9.57. The van der Waals surface area contributed by atoms with E-state index in [-0.39, 0.29) is 11.5 Å². The molecule has 0 atom stereocenters.